The number of aromatic nitrogens is 4. The van der Waals surface area contributed by atoms with Crippen molar-refractivity contribution in [2.75, 3.05) is 7.11 Å². The highest BCUT2D eigenvalue weighted by atomic mass is 16.5. The quantitative estimate of drug-likeness (QED) is 0.211. The van der Waals surface area contributed by atoms with Crippen molar-refractivity contribution >= 4 is 44.7 Å². The topological polar surface area (TPSA) is 70.5 Å². The van der Waals surface area contributed by atoms with Crippen molar-refractivity contribution in [2.45, 2.75) is 70.9 Å². The Bertz CT molecular complexity index is 1670. The summed E-state index contributed by atoms with van der Waals surface area (Å²) < 4.78 is 11.4. The second-order valence-corrected chi connectivity index (χ2v) is 9.99. The maximum atomic E-state index is 14.0. The van der Waals surface area contributed by atoms with E-state index >= 15 is 0 Å². The third kappa shape index (κ3) is 3.44. The van der Waals surface area contributed by atoms with Crippen LogP contribution in [0.2, 0.25) is 0 Å². The van der Waals surface area contributed by atoms with Crippen LogP contribution < -0.4 is 5.56 Å². The lowest BCUT2D eigenvalue weighted by atomic mass is 9.95. The lowest BCUT2D eigenvalue weighted by molar-refractivity contribution is 0.0601. The van der Waals surface area contributed by atoms with E-state index in [1.807, 2.05) is 47.0 Å². The number of unbranched alkanes of at least 4 members (excludes halogenated alkanes) is 2. The van der Waals surface area contributed by atoms with Crippen LogP contribution in [-0.2, 0) is 11.3 Å². The van der Waals surface area contributed by atoms with E-state index in [1.165, 1.54) is 13.5 Å². The van der Waals surface area contributed by atoms with Gasteiger partial charge in [-0.2, -0.15) is 0 Å². The molecule has 0 unspecified atom stereocenters. The van der Waals surface area contributed by atoms with Gasteiger partial charge in [0.05, 0.1) is 23.7 Å². The first kappa shape index (κ1) is 22.8. The molecule has 36 heavy (non-hydrogen) atoms. The SMILES string of the molecule is CCCCCn1c2ccc(C(=O)OC)cc2n2c3c(nc12)c1ccccc1c(=O)n3C1CCCCC1. The third-order valence-electron chi connectivity index (χ3n) is 7.79. The molecule has 6 rings (SSSR count). The van der Waals surface area contributed by atoms with E-state index in [2.05, 4.69) is 15.9 Å². The number of imidazole rings is 2. The van der Waals surface area contributed by atoms with Crippen molar-refractivity contribution in [3.05, 3.63) is 58.4 Å². The Morgan fingerprint density at radius 2 is 1.81 bits per heavy atom. The number of fused-ring (bicyclic) bond motifs is 7. The Morgan fingerprint density at radius 1 is 1.03 bits per heavy atom. The molecule has 0 amide bonds. The first-order chi connectivity index (χ1) is 17.6. The maximum Gasteiger partial charge on any atom is 0.337 e. The van der Waals surface area contributed by atoms with Crippen LogP contribution in [0.1, 0.15) is 74.7 Å². The minimum absolute atomic E-state index is 0.0443. The third-order valence-corrected chi connectivity index (χ3v) is 7.79. The minimum Gasteiger partial charge on any atom is -0.465 e. The molecule has 0 bridgehead atoms. The molecule has 1 saturated carbocycles. The van der Waals surface area contributed by atoms with Crippen molar-refractivity contribution in [3.8, 4) is 0 Å². The molecule has 0 N–H and O–H groups in total. The van der Waals surface area contributed by atoms with E-state index in [9.17, 15) is 9.59 Å². The molecule has 0 spiro atoms. The Kier molecular flexibility index (Phi) is 5.78. The van der Waals surface area contributed by atoms with E-state index in [0.29, 0.717) is 10.9 Å². The van der Waals surface area contributed by atoms with Crippen LogP contribution in [-0.4, -0.2) is 31.6 Å². The smallest absolute Gasteiger partial charge is 0.337 e. The Morgan fingerprint density at radius 3 is 2.56 bits per heavy atom. The summed E-state index contributed by atoms with van der Waals surface area (Å²) in [5.74, 6) is 0.446. The van der Waals surface area contributed by atoms with Crippen LogP contribution >= 0.6 is 0 Å². The summed E-state index contributed by atoms with van der Waals surface area (Å²) in [7, 11) is 1.40. The Balaban J connectivity index is 1.77. The predicted molar refractivity (Wildman–Crippen MR) is 143 cm³/mol. The van der Waals surface area contributed by atoms with Crippen molar-refractivity contribution in [1.82, 2.24) is 18.5 Å². The van der Waals surface area contributed by atoms with Crippen LogP contribution in [0.5, 0.6) is 0 Å². The number of nitrogens with zero attached hydrogens (tertiary/aromatic N) is 4. The zero-order valence-corrected chi connectivity index (χ0v) is 21.0. The van der Waals surface area contributed by atoms with Gasteiger partial charge in [-0.25, -0.2) is 9.78 Å². The van der Waals surface area contributed by atoms with Crippen LogP contribution in [0.4, 0.5) is 0 Å². The van der Waals surface area contributed by atoms with Gasteiger partial charge in [0.15, 0.2) is 5.65 Å². The molecule has 0 radical (unpaired) electrons. The van der Waals surface area contributed by atoms with E-state index in [4.69, 9.17) is 9.72 Å². The maximum absolute atomic E-state index is 14.0. The van der Waals surface area contributed by atoms with Crippen molar-refractivity contribution in [2.24, 2.45) is 0 Å². The lowest BCUT2D eigenvalue weighted by Crippen LogP contribution is -2.27. The molecular weight excluding hydrogens is 452 g/mol. The molecule has 7 nitrogen and oxygen atoms in total. The average Bonchev–Trinajstić information content (AvgIpc) is 3.44. The largest absolute Gasteiger partial charge is 0.465 e. The van der Waals surface area contributed by atoms with Gasteiger partial charge in [0.25, 0.3) is 5.56 Å². The second-order valence-electron chi connectivity index (χ2n) is 9.99. The first-order valence-electron chi connectivity index (χ1n) is 13.2. The number of esters is 1. The summed E-state index contributed by atoms with van der Waals surface area (Å²) in [5.41, 5.74) is 4.11. The Labute approximate surface area is 209 Å². The van der Waals surface area contributed by atoms with Crippen LogP contribution in [0.3, 0.4) is 0 Å². The summed E-state index contributed by atoms with van der Waals surface area (Å²) in [4.78, 5) is 31.6. The predicted octanol–water partition coefficient (Wildman–Crippen LogP) is 6.24. The molecule has 2 aromatic carbocycles. The van der Waals surface area contributed by atoms with Crippen molar-refractivity contribution in [3.63, 3.8) is 0 Å². The molecule has 1 aliphatic rings. The molecule has 1 fully saturated rings. The first-order valence-corrected chi connectivity index (χ1v) is 13.2. The fourth-order valence-electron chi connectivity index (χ4n) is 6.01. The summed E-state index contributed by atoms with van der Waals surface area (Å²) in [6.45, 7) is 3.03. The second kappa shape index (κ2) is 9.12. The molecule has 3 aromatic heterocycles. The fourth-order valence-corrected chi connectivity index (χ4v) is 6.01. The van der Waals surface area contributed by atoms with Gasteiger partial charge in [0, 0.05) is 23.4 Å². The fraction of sp³-hybridized carbons (Fsp3) is 0.414. The van der Waals surface area contributed by atoms with Gasteiger partial charge in [-0.3, -0.25) is 13.8 Å². The normalized spacial score (nSPS) is 14.9. The summed E-state index contributed by atoms with van der Waals surface area (Å²) >= 11 is 0. The number of aryl methyl sites for hydroxylation is 1. The van der Waals surface area contributed by atoms with E-state index < -0.39 is 0 Å². The number of ether oxygens (including phenoxy) is 1. The highest BCUT2D eigenvalue weighted by molar-refractivity contribution is 6.05. The number of pyridine rings is 1. The zero-order valence-electron chi connectivity index (χ0n) is 21.0. The standard InChI is InChI=1S/C29H32N4O3/c1-3-4-10-17-31-23-16-15-19(28(35)36-2)18-24(23)33-26-25(30-29(31)33)21-13-8-9-14-22(21)27(34)32(26)20-11-6-5-7-12-20/h8-9,13-16,18,20H,3-7,10-12,17H2,1-2H3. The van der Waals surface area contributed by atoms with Crippen LogP contribution in [0, 0.1) is 0 Å². The van der Waals surface area contributed by atoms with Gasteiger partial charge in [-0.05, 0) is 43.5 Å². The number of hydrogen-bond donors (Lipinski definition) is 0. The molecule has 0 atom stereocenters. The van der Waals surface area contributed by atoms with Gasteiger partial charge >= 0.3 is 5.97 Å². The number of carbonyl (C=O) groups excluding carboxylic acids is 1. The highest BCUT2D eigenvalue weighted by Crippen LogP contribution is 2.35. The Hall–Kier alpha value is -3.61. The average molecular weight is 485 g/mol. The number of hydrogen-bond acceptors (Lipinski definition) is 4. The zero-order chi connectivity index (χ0) is 24.8. The summed E-state index contributed by atoms with van der Waals surface area (Å²) in [6, 6.07) is 13.6. The van der Waals surface area contributed by atoms with Gasteiger partial charge in [0.2, 0.25) is 5.78 Å². The van der Waals surface area contributed by atoms with E-state index in [1.54, 1.807) is 0 Å². The number of carbonyl (C=O) groups is 1. The summed E-state index contributed by atoms with van der Waals surface area (Å²) in [6.07, 6.45) is 8.73. The minimum atomic E-state index is -0.372. The van der Waals surface area contributed by atoms with Gasteiger partial charge in [0.1, 0.15) is 5.52 Å². The molecule has 3 heterocycles. The lowest BCUT2D eigenvalue weighted by Gasteiger charge is -2.25. The van der Waals surface area contributed by atoms with E-state index in [-0.39, 0.29) is 17.6 Å². The van der Waals surface area contributed by atoms with Crippen LogP contribution in [0.25, 0.3) is 38.7 Å². The molecular formula is C29H32N4O3. The van der Waals surface area contributed by atoms with E-state index in [0.717, 1.165) is 84.9 Å². The molecule has 5 aromatic rings. The number of methoxy groups -OCH3 is 1. The van der Waals surface area contributed by atoms with Crippen LogP contribution in [0.15, 0.2) is 47.3 Å². The summed E-state index contributed by atoms with van der Waals surface area (Å²) in [5, 5.41) is 1.60. The number of benzene rings is 2. The molecule has 7 heteroatoms. The monoisotopic (exact) mass is 484 g/mol. The molecule has 0 saturated heterocycles. The number of rotatable bonds is 6. The van der Waals surface area contributed by atoms with Crippen molar-refractivity contribution < 1.29 is 9.53 Å². The highest BCUT2D eigenvalue weighted by Gasteiger charge is 2.26. The molecule has 186 valence electrons. The molecule has 0 aliphatic heterocycles. The molecule has 1 aliphatic carbocycles. The van der Waals surface area contributed by atoms with Gasteiger partial charge < -0.3 is 9.30 Å². The van der Waals surface area contributed by atoms with Gasteiger partial charge in [-0.15, -0.1) is 0 Å². The van der Waals surface area contributed by atoms with Crippen molar-refractivity contribution in [1.29, 1.82) is 0 Å². The van der Waals surface area contributed by atoms with Gasteiger partial charge in [-0.1, -0.05) is 57.2 Å².